The van der Waals surface area contributed by atoms with Crippen molar-refractivity contribution in [3.8, 4) is 78.7 Å². The summed E-state index contributed by atoms with van der Waals surface area (Å²) in [5.41, 5.74) is 21.2. The number of phenolic OH excluding ortho intramolecular Hbond substituents is 1. The second-order valence-corrected chi connectivity index (χ2v) is 15.6. The topological polar surface area (TPSA) is 50.9 Å². The number of imidazole rings is 1. The molecule has 10 rings (SSSR count). The molecule has 1 N–H and O–H groups in total. The van der Waals surface area contributed by atoms with Gasteiger partial charge in [0.1, 0.15) is 11.4 Å². The SMILES string of the molecule is Cc1cc(C)cc(-c2cccc(-c3ccccc3)c2-c2[c-]c(-c3cccc4c3nc(-c3ccc5c(n3)-c3c(O)cccc3CC5)n4-c3c(C)cccc3C)ccc2)c1.[Pt]. The number of pyridine rings is 1. The molecule has 0 atom stereocenters. The van der Waals surface area contributed by atoms with Crippen molar-refractivity contribution in [1.29, 1.82) is 0 Å². The third-order valence-electron chi connectivity index (χ3n) is 11.6. The first-order valence-corrected chi connectivity index (χ1v) is 20.0. The van der Waals surface area contributed by atoms with Crippen LogP contribution < -0.4 is 0 Å². The number of hydrogen-bond donors (Lipinski definition) is 1. The molecule has 9 aromatic rings. The van der Waals surface area contributed by atoms with Gasteiger partial charge in [0.15, 0.2) is 5.82 Å². The van der Waals surface area contributed by atoms with Crippen molar-refractivity contribution in [1.82, 2.24) is 14.5 Å². The van der Waals surface area contributed by atoms with E-state index in [0.717, 1.165) is 108 Å². The molecule has 0 saturated carbocycles. The van der Waals surface area contributed by atoms with E-state index in [2.05, 4.69) is 178 Å². The average Bonchev–Trinajstić information content (AvgIpc) is 3.62. The fourth-order valence-corrected chi connectivity index (χ4v) is 9.08. The number of aromatic hydroxyl groups is 1. The van der Waals surface area contributed by atoms with E-state index in [1.807, 2.05) is 6.07 Å². The molecule has 1 aliphatic rings. The van der Waals surface area contributed by atoms with Gasteiger partial charge in [-0.3, -0.25) is 4.57 Å². The molecular formula is C54H42N3OPt-. The zero-order valence-electron chi connectivity index (χ0n) is 33.5. The third kappa shape index (κ3) is 6.72. The predicted octanol–water partition coefficient (Wildman–Crippen LogP) is 13.3. The van der Waals surface area contributed by atoms with E-state index >= 15 is 0 Å². The van der Waals surface area contributed by atoms with Crippen LogP contribution in [-0.4, -0.2) is 19.6 Å². The minimum Gasteiger partial charge on any atom is -0.507 e. The number of aromatic nitrogens is 3. The minimum absolute atomic E-state index is 0. The zero-order valence-corrected chi connectivity index (χ0v) is 35.7. The summed E-state index contributed by atoms with van der Waals surface area (Å²) >= 11 is 0. The Balaban J connectivity index is 0.00000449. The maximum atomic E-state index is 11.1. The Bertz CT molecular complexity index is 3030. The van der Waals surface area contributed by atoms with Crippen LogP contribution >= 0.6 is 0 Å². The van der Waals surface area contributed by atoms with Crippen molar-refractivity contribution in [3.63, 3.8) is 0 Å². The van der Waals surface area contributed by atoms with Crippen molar-refractivity contribution in [2.24, 2.45) is 0 Å². The molecule has 0 saturated heterocycles. The van der Waals surface area contributed by atoms with E-state index in [0.29, 0.717) is 0 Å². The van der Waals surface area contributed by atoms with Gasteiger partial charge in [0.25, 0.3) is 0 Å². The number of phenols is 1. The second kappa shape index (κ2) is 15.4. The first kappa shape index (κ1) is 38.2. The zero-order chi connectivity index (χ0) is 39.5. The molecule has 0 amide bonds. The van der Waals surface area contributed by atoms with Crippen molar-refractivity contribution in [3.05, 3.63) is 191 Å². The number of rotatable bonds is 6. The van der Waals surface area contributed by atoms with Gasteiger partial charge in [0.2, 0.25) is 0 Å². The fourth-order valence-electron chi connectivity index (χ4n) is 9.08. The first-order valence-electron chi connectivity index (χ1n) is 20.0. The summed E-state index contributed by atoms with van der Waals surface area (Å²) in [6.45, 7) is 8.65. The van der Waals surface area contributed by atoms with Crippen LogP contribution in [0.4, 0.5) is 0 Å². The van der Waals surface area contributed by atoms with Gasteiger partial charge in [-0.15, -0.1) is 35.4 Å². The van der Waals surface area contributed by atoms with Crippen molar-refractivity contribution >= 4 is 11.0 Å². The van der Waals surface area contributed by atoms with E-state index in [1.165, 1.54) is 22.3 Å². The molecule has 0 unspecified atom stereocenters. The molecule has 59 heavy (non-hydrogen) atoms. The van der Waals surface area contributed by atoms with Crippen molar-refractivity contribution in [2.45, 2.75) is 40.5 Å². The summed E-state index contributed by atoms with van der Waals surface area (Å²) in [5, 5.41) is 11.1. The Kier molecular flexibility index (Phi) is 9.99. The summed E-state index contributed by atoms with van der Waals surface area (Å²) in [6, 6.07) is 57.3. The van der Waals surface area contributed by atoms with Crippen LogP contribution in [0.15, 0.2) is 152 Å². The Morgan fingerprint density at radius 3 is 1.97 bits per heavy atom. The van der Waals surface area contributed by atoms with Crippen LogP contribution in [0.1, 0.15) is 33.4 Å². The number of fused-ring (bicyclic) bond motifs is 4. The van der Waals surface area contributed by atoms with E-state index in [1.54, 1.807) is 6.07 Å². The standard InChI is InChI=1S/C54H42N3O.Pt/c1-33-29-34(2)31-42(30-33)44-21-11-20-43(37-15-6-5-7-16-37)49(44)41-19-9-18-40(32-41)45-22-12-23-47-52(45)56-54(57(47)53-35(3)13-8-14-36(53)4)46-28-27-39-26-25-38-17-10-24-48(58)50(38)51(39)55-46;/h5-24,27-31,58H,25-26H2,1-4H3;/q-1;. The summed E-state index contributed by atoms with van der Waals surface area (Å²) in [5.74, 6) is 1.02. The van der Waals surface area contributed by atoms with E-state index in [9.17, 15) is 5.11 Å². The molecule has 0 bridgehead atoms. The Morgan fingerprint density at radius 2 is 1.19 bits per heavy atom. The van der Waals surface area contributed by atoms with Gasteiger partial charge in [-0.1, -0.05) is 138 Å². The number of aryl methyl sites for hydroxylation is 6. The van der Waals surface area contributed by atoms with Gasteiger partial charge >= 0.3 is 0 Å². The van der Waals surface area contributed by atoms with Crippen LogP contribution in [-0.2, 0) is 33.9 Å². The number of nitrogens with zero attached hydrogens (tertiary/aromatic N) is 3. The maximum Gasteiger partial charge on any atom is 0.163 e. The van der Waals surface area contributed by atoms with Crippen molar-refractivity contribution < 1.29 is 26.2 Å². The number of para-hydroxylation sites is 2. The molecule has 4 nitrogen and oxygen atoms in total. The molecule has 1 aliphatic carbocycles. The summed E-state index contributed by atoms with van der Waals surface area (Å²) in [7, 11) is 0. The summed E-state index contributed by atoms with van der Waals surface area (Å²) in [4.78, 5) is 10.8. The summed E-state index contributed by atoms with van der Waals surface area (Å²) < 4.78 is 2.28. The van der Waals surface area contributed by atoms with Gasteiger partial charge < -0.3 is 5.11 Å². The van der Waals surface area contributed by atoms with Gasteiger partial charge in [-0.25, -0.2) is 9.97 Å². The van der Waals surface area contributed by atoms with E-state index in [-0.39, 0.29) is 26.8 Å². The largest absolute Gasteiger partial charge is 0.507 e. The van der Waals surface area contributed by atoms with Crippen LogP contribution in [0.3, 0.4) is 0 Å². The predicted molar refractivity (Wildman–Crippen MR) is 238 cm³/mol. The van der Waals surface area contributed by atoms with Crippen LogP contribution in [0.2, 0.25) is 0 Å². The average molecular weight is 944 g/mol. The molecule has 0 radical (unpaired) electrons. The summed E-state index contributed by atoms with van der Waals surface area (Å²) in [6.07, 6.45) is 1.75. The van der Waals surface area contributed by atoms with Gasteiger partial charge in [0, 0.05) is 26.6 Å². The number of hydrogen-bond acceptors (Lipinski definition) is 3. The molecule has 2 heterocycles. The third-order valence-corrected chi connectivity index (χ3v) is 11.6. The smallest absolute Gasteiger partial charge is 0.163 e. The molecular weight excluding hydrogens is 902 g/mol. The Hall–Kier alpha value is -6.35. The molecule has 5 heteroatoms. The van der Waals surface area contributed by atoms with E-state index < -0.39 is 0 Å². The molecule has 2 aromatic heterocycles. The minimum atomic E-state index is 0. The molecule has 0 spiro atoms. The Morgan fingerprint density at radius 1 is 0.542 bits per heavy atom. The molecule has 7 aromatic carbocycles. The van der Waals surface area contributed by atoms with Gasteiger partial charge in [-0.2, -0.15) is 0 Å². The fraction of sp³-hybridized carbons (Fsp3) is 0.111. The monoisotopic (exact) mass is 943 g/mol. The second-order valence-electron chi connectivity index (χ2n) is 15.6. The quantitative estimate of drug-likeness (QED) is 0.169. The Labute approximate surface area is 360 Å². The molecule has 0 fully saturated rings. The van der Waals surface area contributed by atoms with Crippen LogP contribution in [0, 0.1) is 33.8 Å². The normalized spacial score (nSPS) is 11.9. The molecule has 0 aliphatic heterocycles. The van der Waals surface area contributed by atoms with Gasteiger partial charge in [0.05, 0.1) is 22.4 Å². The van der Waals surface area contributed by atoms with Crippen molar-refractivity contribution in [2.75, 3.05) is 0 Å². The molecule has 290 valence electrons. The van der Waals surface area contributed by atoms with Crippen LogP contribution in [0.25, 0.3) is 84.0 Å². The van der Waals surface area contributed by atoms with Crippen LogP contribution in [0.5, 0.6) is 5.75 Å². The van der Waals surface area contributed by atoms with Gasteiger partial charge in [-0.05, 0) is 103 Å². The maximum absolute atomic E-state index is 11.1. The number of benzene rings is 7. The first-order chi connectivity index (χ1) is 28.3. The van der Waals surface area contributed by atoms with E-state index in [4.69, 9.17) is 9.97 Å².